The van der Waals surface area contributed by atoms with Crippen LogP contribution in [0.15, 0.2) is 18.2 Å². The molecule has 0 radical (unpaired) electrons. The molecule has 11 heteroatoms. The number of benzene rings is 1. The monoisotopic (exact) mass is 428 g/mol. The van der Waals surface area contributed by atoms with Gasteiger partial charge in [-0.1, -0.05) is 6.07 Å². The van der Waals surface area contributed by atoms with Gasteiger partial charge in [0.1, 0.15) is 0 Å². The molecule has 1 fully saturated rings. The molecule has 1 saturated carbocycles. The van der Waals surface area contributed by atoms with E-state index >= 15 is 0 Å². The third kappa shape index (κ3) is 4.77. The molecule has 8 nitrogen and oxygen atoms in total. The number of ether oxygens (including phenoxy) is 3. The number of carbonyl (C=O) groups is 1. The third-order valence-electron chi connectivity index (χ3n) is 4.89. The number of hydrogen-bond acceptors (Lipinski definition) is 6. The number of carbonyl (C=O) groups excluding carboxylic acids is 1. The molecule has 1 N–H and O–H groups in total. The first-order valence-corrected chi connectivity index (χ1v) is 9.39. The lowest BCUT2D eigenvalue weighted by Gasteiger charge is -2.29. The van der Waals surface area contributed by atoms with Gasteiger partial charge in [-0.05, 0) is 37.8 Å². The number of para-hydroxylation sites is 1. The van der Waals surface area contributed by atoms with Crippen LogP contribution in [0.25, 0.3) is 0 Å². The first-order chi connectivity index (χ1) is 14.2. The van der Waals surface area contributed by atoms with E-state index in [1.54, 1.807) is 25.3 Å². The Morgan fingerprint density at radius 2 is 1.80 bits per heavy atom. The van der Waals surface area contributed by atoms with Crippen LogP contribution in [-0.4, -0.2) is 47.0 Å². The van der Waals surface area contributed by atoms with Crippen LogP contribution in [0.2, 0.25) is 0 Å². The predicted octanol–water partition coefficient (Wildman–Crippen LogP) is 2.97. The van der Waals surface area contributed by atoms with Gasteiger partial charge in [0.15, 0.2) is 11.5 Å². The second-order valence-electron chi connectivity index (χ2n) is 6.94. The first-order valence-electron chi connectivity index (χ1n) is 9.39. The zero-order valence-corrected chi connectivity index (χ0v) is 16.8. The normalized spacial score (nSPS) is 19.3. The van der Waals surface area contributed by atoms with E-state index in [4.69, 9.17) is 14.2 Å². The number of aromatic nitrogens is 3. The van der Waals surface area contributed by atoms with Crippen molar-refractivity contribution >= 4 is 5.91 Å². The minimum Gasteiger partial charge on any atom is -0.493 e. The van der Waals surface area contributed by atoms with Crippen molar-refractivity contribution in [3.63, 3.8) is 0 Å². The van der Waals surface area contributed by atoms with Gasteiger partial charge >= 0.3 is 6.18 Å². The summed E-state index contributed by atoms with van der Waals surface area (Å²) in [6, 6.07) is 5.17. The van der Waals surface area contributed by atoms with Gasteiger partial charge in [-0.2, -0.15) is 18.2 Å². The molecule has 0 aliphatic heterocycles. The highest BCUT2D eigenvalue weighted by atomic mass is 19.4. The molecule has 3 rings (SSSR count). The standard InChI is InChI=1S/C19H23F3N4O4/c1-26-18(19(20,21)22)24-16(25-26)17(27)23-11-7-9-12(10-8-11)30-14-6-4-5-13(28-2)15(14)29-3/h4-6,11-12H,7-10H2,1-3H3,(H,23,27). The minimum absolute atomic E-state index is 0.0797. The summed E-state index contributed by atoms with van der Waals surface area (Å²) >= 11 is 0. The maximum absolute atomic E-state index is 12.8. The van der Waals surface area contributed by atoms with Crippen LogP contribution >= 0.6 is 0 Å². The molecule has 0 unspecified atom stereocenters. The van der Waals surface area contributed by atoms with Gasteiger partial charge in [-0.15, -0.1) is 5.10 Å². The number of hydrogen-bond donors (Lipinski definition) is 1. The molecular weight excluding hydrogens is 405 g/mol. The third-order valence-corrected chi connectivity index (χ3v) is 4.89. The fourth-order valence-corrected chi connectivity index (χ4v) is 3.43. The molecule has 1 amide bonds. The summed E-state index contributed by atoms with van der Waals surface area (Å²) in [6.07, 6.45) is -2.20. The number of rotatable bonds is 6. The van der Waals surface area contributed by atoms with Crippen LogP contribution in [0.4, 0.5) is 13.2 Å². The van der Waals surface area contributed by atoms with Crippen molar-refractivity contribution in [3.05, 3.63) is 29.8 Å². The topological polar surface area (TPSA) is 87.5 Å². The van der Waals surface area contributed by atoms with Gasteiger partial charge in [0.2, 0.25) is 17.4 Å². The Labute approximate surface area is 171 Å². The summed E-state index contributed by atoms with van der Waals surface area (Å²) in [7, 11) is 4.18. The van der Waals surface area contributed by atoms with Crippen LogP contribution in [0.3, 0.4) is 0 Å². The fraction of sp³-hybridized carbons (Fsp3) is 0.526. The van der Waals surface area contributed by atoms with E-state index in [2.05, 4.69) is 15.4 Å². The summed E-state index contributed by atoms with van der Waals surface area (Å²) in [5, 5.41) is 6.28. The molecule has 30 heavy (non-hydrogen) atoms. The number of amides is 1. The Balaban J connectivity index is 1.56. The summed E-state index contributed by atoms with van der Waals surface area (Å²) in [5.74, 6) is -0.780. The van der Waals surface area contributed by atoms with Gasteiger partial charge in [0.25, 0.3) is 5.91 Å². The molecular formula is C19H23F3N4O4. The van der Waals surface area contributed by atoms with Crippen LogP contribution in [0, 0.1) is 0 Å². The summed E-state index contributed by atoms with van der Waals surface area (Å²) < 4.78 is 55.7. The maximum Gasteiger partial charge on any atom is 0.451 e. The van der Waals surface area contributed by atoms with Crippen molar-refractivity contribution in [3.8, 4) is 17.2 Å². The molecule has 1 heterocycles. The van der Waals surface area contributed by atoms with Gasteiger partial charge in [-0.3, -0.25) is 4.79 Å². The molecule has 1 aromatic carbocycles. The Hall–Kier alpha value is -2.98. The smallest absolute Gasteiger partial charge is 0.451 e. The van der Waals surface area contributed by atoms with E-state index < -0.39 is 23.7 Å². The van der Waals surface area contributed by atoms with Crippen LogP contribution in [-0.2, 0) is 13.2 Å². The number of nitrogens with one attached hydrogen (secondary N) is 1. The number of halogens is 3. The van der Waals surface area contributed by atoms with Gasteiger partial charge < -0.3 is 19.5 Å². The van der Waals surface area contributed by atoms with E-state index in [1.807, 2.05) is 0 Å². The van der Waals surface area contributed by atoms with Gasteiger partial charge in [0.05, 0.1) is 20.3 Å². The van der Waals surface area contributed by atoms with Gasteiger partial charge in [-0.25, -0.2) is 4.68 Å². The van der Waals surface area contributed by atoms with E-state index in [1.165, 1.54) is 7.11 Å². The lowest BCUT2D eigenvalue weighted by molar-refractivity contribution is -0.147. The number of methoxy groups -OCH3 is 2. The Kier molecular flexibility index (Phi) is 6.37. The highest BCUT2D eigenvalue weighted by Crippen LogP contribution is 2.38. The Bertz CT molecular complexity index is 892. The van der Waals surface area contributed by atoms with E-state index in [-0.39, 0.29) is 12.1 Å². The van der Waals surface area contributed by atoms with Crippen molar-refractivity contribution in [2.75, 3.05) is 14.2 Å². The van der Waals surface area contributed by atoms with Crippen molar-refractivity contribution in [1.29, 1.82) is 0 Å². The van der Waals surface area contributed by atoms with E-state index in [0.29, 0.717) is 47.6 Å². The number of alkyl halides is 3. The highest BCUT2D eigenvalue weighted by molar-refractivity contribution is 5.90. The van der Waals surface area contributed by atoms with Crippen molar-refractivity contribution in [2.45, 2.75) is 44.0 Å². The van der Waals surface area contributed by atoms with Crippen molar-refractivity contribution in [1.82, 2.24) is 20.1 Å². The molecule has 0 atom stereocenters. The highest BCUT2D eigenvalue weighted by Gasteiger charge is 2.38. The zero-order chi connectivity index (χ0) is 21.9. The van der Waals surface area contributed by atoms with E-state index in [0.717, 1.165) is 7.05 Å². The lowest BCUT2D eigenvalue weighted by atomic mass is 9.93. The predicted molar refractivity (Wildman–Crippen MR) is 99.7 cm³/mol. The molecule has 1 aromatic heterocycles. The van der Waals surface area contributed by atoms with Crippen LogP contribution < -0.4 is 19.5 Å². The fourth-order valence-electron chi connectivity index (χ4n) is 3.43. The van der Waals surface area contributed by atoms with Crippen LogP contribution in [0.5, 0.6) is 17.2 Å². The number of aryl methyl sites for hydroxylation is 1. The second-order valence-corrected chi connectivity index (χ2v) is 6.94. The quantitative estimate of drug-likeness (QED) is 0.761. The van der Waals surface area contributed by atoms with Crippen molar-refractivity contribution < 1.29 is 32.2 Å². The molecule has 0 saturated heterocycles. The Morgan fingerprint density at radius 1 is 1.13 bits per heavy atom. The molecule has 2 aromatic rings. The SMILES string of the molecule is COc1cccc(OC2CCC(NC(=O)c3nc(C(F)(F)F)n(C)n3)CC2)c1OC. The maximum atomic E-state index is 12.8. The Morgan fingerprint density at radius 3 is 2.37 bits per heavy atom. The first kappa shape index (κ1) is 21.7. The zero-order valence-electron chi connectivity index (χ0n) is 16.8. The van der Waals surface area contributed by atoms with Crippen LogP contribution in [0.1, 0.15) is 42.1 Å². The van der Waals surface area contributed by atoms with Gasteiger partial charge in [0, 0.05) is 13.1 Å². The lowest BCUT2D eigenvalue weighted by Crippen LogP contribution is -2.40. The summed E-state index contributed by atoms with van der Waals surface area (Å²) in [5.41, 5.74) is 0. The largest absolute Gasteiger partial charge is 0.493 e. The number of nitrogens with zero attached hydrogens (tertiary/aromatic N) is 3. The molecule has 1 aliphatic carbocycles. The average Bonchev–Trinajstić information content (AvgIpc) is 3.11. The second kappa shape index (κ2) is 8.80. The minimum atomic E-state index is -4.67. The van der Waals surface area contributed by atoms with E-state index in [9.17, 15) is 18.0 Å². The average molecular weight is 428 g/mol. The summed E-state index contributed by atoms with van der Waals surface area (Å²) in [4.78, 5) is 15.6. The molecule has 0 spiro atoms. The van der Waals surface area contributed by atoms with Crippen molar-refractivity contribution in [2.24, 2.45) is 7.05 Å². The molecule has 1 aliphatic rings. The molecule has 0 bridgehead atoms. The summed E-state index contributed by atoms with van der Waals surface area (Å²) in [6.45, 7) is 0. The molecule has 164 valence electrons.